The van der Waals surface area contributed by atoms with Crippen molar-refractivity contribution in [2.75, 3.05) is 31.6 Å². The molecule has 1 aromatic rings. The molecule has 122 valence electrons. The maximum atomic E-state index is 12.1. The summed E-state index contributed by atoms with van der Waals surface area (Å²) >= 11 is 0. The van der Waals surface area contributed by atoms with E-state index < -0.39 is 6.10 Å². The minimum Gasteiger partial charge on any atom is -0.376 e. The topological polar surface area (TPSA) is 77.4 Å². The van der Waals surface area contributed by atoms with Gasteiger partial charge in [-0.15, -0.1) is 0 Å². The van der Waals surface area contributed by atoms with Crippen molar-refractivity contribution in [1.29, 1.82) is 0 Å². The highest BCUT2D eigenvalue weighted by atomic mass is 16.5. The molecule has 0 spiro atoms. The minimum absolute atomic E-state index is 0.129. The number of nitrogens with one attached hydrogen (secondary N) is 2. The van der Waals surface area contributed by atoms with Gasteiger partial charge in [-0.1, -0.05) is 0 Å². The molecule has 2 fully saturated rings. The zero-order valence-corrected chi connectivity index (χ0v) is 13.0. The van der Waals surface area contributed by atoms with Crippen LogP contribution in [0, 0.1) is 0 Å². The summed E-state index contributed by atoms with van der Waals surface area (Å²) in [4.78, 5) is 12.1. The van der Waals surface area contributed by atoms with Crippen LogP contribution in [0.5, 0.6) is 0 Å². The van der Waals surface area contributed by atoms with Crippen molar-refractivity contribution < 1.29 is 14.3 Å². The van der Waals surface area contributed by atoms with Crippen molar-refractivity contribution in [2.24, 2.45) is 0 Å². The number of ether oxygens (including phenoxy) is 2. The van der Waals surface area contributed by atoms with Gasteiger partial charge in [0.05, 0.1) is 18.8 Å². The van der Waals surface area contributed by atoms with Crippen molar-refractivity contribution in [2.45, 2.75) is 44.4 Å². The Labute approximate surface area is 130 Å². The van der Waals surface area contributed by atoms with Crippen LogP contribution in [0.1, 0.15) is 32.2 Å². The van der Waals surface area contributed by atoms with Crippen LogP contribution < -0.4 is 10.6 Å². The lowest BCUT2D eigenvalue weighted by Crippen LogP contribution is -2.30. The van der Waals surface area contributed by atoms with Gasteiger partial charge in [-0.25, -0.2) is 0 Å². The van der Waals surface area contributed by atoms with Crippen LogP contribution in [0.25, 0.3) is 0 Å². The van der Waals surface area contributed by atoms with E-state index in [9.17, 15) is 4.79 Å². The number of rotatable bonds is 6. The molecule has 1 amide bonds. The molecular formula is C15H24N4O3. The van der Waals surface area contributed by atoms with E-state index in [1.54, 1.807) is 6.92 Å². The van der Waals surface area contributed by atoms with Crippen molar-refractivity contribution in [3.8, 4) is 0 Å². The molecule has 3 heterocycles. The summed E-state index contributed by atoms with van der Waals surface area (Å²) in [6.45, 7) is 4.96. The Hall–Kier alpha value is -1.44. The van der Waals surface area contributed by atoms with Gasteiger partial charge in [0.1, 0.15) is 6.10 Å². The van der Waals surface area contributed by atoms with Gasteiger partial charge >= 0.3 is 0 Å². The van der Waals surface area contributed by atoms with Gasteiger partial charge in [0, 0.05) is 25.4 Å². The highest BCUT2D eigenvalue weighted by molar-refractivity contribution is 5.92. The molecule has 2 aliphatic rings. The van der Waals surface area contributed by atoms with Crippen molar-refractivity contribution in [3.05, 3.63) is 12.3 Å². The largest absolute Gasteiger partial charge is 0.376 e. The summed E-state index contributed by atoms with van der Waals surface area (Å²) in [5.74, 6) is 0.400. The van der Waals surface area contributed by atoms with E-state index >= 15 is 0 Å². The second-order valence-electron chi connectivity index (χ2n) is 5.93. The fourth-order valence-corrected chi connectivity index (χ4v) is 2.80. The lowest BCUT2D eigenvalue weighted by atomic mass is 10.2. The second kappa shape index (κ2) is 7.21. The fraction of sp³-hybridized carbons (Fsp3) is 0.733. The smallest absolute Gasteiger partial charge is 0.254 e. The third-order valence-electron chi connectivity index (χ3n) is 4.19. The van der Waals surface area contributed by atoms with E-state index in [1.165, 1.54) is 0 Å². The molecule has 7 heteroatoms. The van der Waals surface area contributed by atoms with Crippen LogP contribution >= 0.6 is 0 Å². The normalized spacial score (nSPS) is 26.2. The number of anilines is 1. The van der Waals surface area contributed by atoms with E-state index in [0.29, 0.717) is 18.5 Å². The van der Waals surface area contributed by atoms with Gasteiger partial charge in [-0.3, -0.25) is 9.48 Å². The first-order valence-electron chi connectivity index (χ1n) is 8.02. The number of carbonyl (C=O) groups excluding carboxylic acids is 1. The number of aromatic nitrogens is 2. The molecule has 22 heavy (non-hydrogen) atoms. The second-order valence-corrected chi connectivity index (χ2v) is 5.93. The molecule has 0 aliphatic carbocycles. The van der Waals surface area contributed by atoms with Crippen LogP contribution in [-0.2, 0) is 14.3 Å². The van der Waals surface area contributed by atoms with Crippen molar-refractivity contribution in [3.63, 3.8) is 0 Å². The molecule has 3 atom stereocenters. The van der Waals surface area contributed by atoms with Gasteiger partial charge in [-0.05, 0) is 32.7 Å². The third-order valence-corrected chi connectivity index (χ3v) is 4.19. The molecule has 3 unspecified atom stereocenters. The fourth-order valence-electron chi connectivity index (χ4n) is 2.80. The Morgan fingerprint density at radius 1 is 1.64 bits per heavy atom. The zero-order chi connectivity index (χ0) is 15.4. The predicted molar refractivity (Wildman–Crippen MR) is 81.8 cm³/mol. The lowest BCUT2D eigenvalue weighted by Gasteiger charge is -2.15. The highest BCUT2D eigenvalue weighted by Gasteiger charge is 2.21. The van der Waals surface area contributed by atoms with Gasteiger partial charge < -0.3 is 20.1 Å². The average Bonchev–Trinajstić information content (AvgIpc) is 3.25. The molecular weight excluding hydrogens is 284 g/mol. The van der Waals surface area contributed by atoms with Crippen LogP contribution in [0.4, 0.5) is 5.82 Å². The predicted octanol–water partition coefficient (Wildman–Crippen LogP) is 0.940. The highest BCUT2D eigenvalue weighted by Crippen LogP contribution is 2.16. The number of amides is 1. The minimum atomic E-state index is -0.512. The SMILES string of the molecule is CC(OCC1CCCO1)C(=O)Nc1ccn(C2CCNC2)n1. The number of nitrogens with zero attached hydrogens (tertiary/aromatic N) is 2. The Bertz CT molecular complexity index is 493. The van der Waals surface area contributed by atoms with Crippen LogP contribution in [0.3, 0.4) is 0 Å². The van der Waals surface area contributed by atoms with E-state index in [4.69, 9.17) is 9.47 Å². The summed E-state index contributed by atoms with van der Waals surface area (Å²) in [7, 11) is 0. The Morgan fingerprint density at radius 3 is 3.27 bits per heavy atom. The molecule has 7 nitrogen and oxygen atoms in total. The van der Waals surface area contributed by atoms with E-state index in [1.807, 2.05) is 16.9 Å². The first-order valence-corrected chi connectivity index (χ1v) is 8.02. The first kappa shape index (κ1) is 15.5. The Balaban J connectivity index is 1.45. The lowest BCUT2D eigenvalue weighted by molar-refractivity contribution is -0.128. The molecule has 0 aromatic carbocycles. The number of hydrogen-bond donors (Lipinski definition) is 2. The van der Waals surface area contributed by atoms with E-state index in [-0.39, 0.29) is 12.0 Å². The van der Waals surface area contributed by atoms with Crippen molar-refractivity contribution in [1.82, 2.24) is 15.1 Å². The summed E-state index contributed by atoms with van der Waals surface area (Å²) in [6, 6.07) is 2.20. The Kier molecular flexibility index (Phi) is 5.07. The summed E-state index contributed by atoms with van der Waals surface area (Å²) in [5, 5.41) is 10.5. The maximum Gasteiger partial charge on any atom is 0.254 e. The van der Waals surface area contributed by atoms with Gasteiger partial charge in [-0.2, -0.15) is 5.10 Å². The number of hydrogen-bond acceptors (Lipinski definition) is 5. The van der Waals surface area contributed by atoms with Gasteiger partial charge in [0.15, 0.2) is 5.82 Å². The van der Waals surface area contributed by atoms with Gasteiger partial charge in [0.2, 0.25) is 0 Å². The molecule has 2 saturated heterocycles. The zero-order valence-electron chi connectivity index (χ0n) is 13.0. The Morgan fingerprint density at radius 2 is 2.55 bits per heavy atom. The standard InChI is InChI=1S/C15H24N4O3/c1-11(22-10-13-3-2-8-21-13)15(20)17-14-5-7-19(18-14)12-4-6-16-9-12/h5,7,11-13,16H,2-4,6,8-10H2,1H3,(H,17,18,20). The third kappa shape index (κ3) is 3.85. The van der Waals surface area contributed by atoms with Crippen LogP contribution in [-0.4, -0.2) is 54.2 Å². The molecule has 2 aliphatic heterocycles. The summed E-state index contributed by atoms with van der Waals surface area (Å²) < 4.78 is 13.0. The first-order chi connectivity index (χ1) is 10.7. The van der Waals surface area contributed by atoms with E-state index in [0.717, 1.165) is 39.0 Å². The summed E-state index contributed by atoms with van der Waals surface area (Å²) in [6.07, 6.45) is 4.67. The van der Waals surface area contributed by atoms with Crippen molar-refractivity contribution >= 4 is 11.7 Å². The molecule has 1 aromatic heterocycles. The maximum absolute atomic E-state index is 12.1. The molecule has 0 radical (unpaired) electrons. The number of carbonyl (C=O) groups is 1. The van der Waals surface area contributed by atoms with E-state index in [2.05, 4.69) is 15.7 Å². The van der Waals surface area contributed by atoms with Crippen LogP contribution in [0.15, 0.2) is 12.3 Å². The monoisotopic (exact) mass is 308 g/mol. The molecule has 3 rings (SSSR count). The molecule has 0 saturated carbocycles. The quantitative estimate of drug-likeness (QED) is 0.818. The molecule has 2 N–H and O–H groups in total. The van der Waals surface area contributed by atoms with Gasteiger partial charge in [0.25, 0.3) is 5.91 Å². The summed E-state index contributed by atoms with van der Waals surface area (Å²) in [5.41, 5.74) is 0. The average molecular weight is 308 g/mol. The van der Waals surface area contributed by atoms with Crippen LogP contribution in [0.2, 0.25) is 0 Å². The molecule has 0 bridgehead atoms.